The summed E-state index contributed by atoms with van der Waals surface area (Å²) in [6.45, 7) is 3.57. The zero-order valence-corrected chi connectivity index (χ0v) is 14.1. The predicted molar refractivity (Wildman–Crippen MR) is 94.6 cm³/mol. The van der Waals surface area contributed by atoms with Crippen molar-refractivity contribution in [3.05, 3.63) is 71.2 Å². The van der Waals surface area contributed by atoms with E-state index in [0.717, 1.165) is 11.1 Å². The zero-order valence-electron chi connectivity index (χ0n) is 14.1. The zero-order chi connectivity index (χ0) is 18.0. The number of carbonyl (C=O) groups is 2. The summed E-state index contributed by atoms with van der Waals surface area (Å²) >= 11 is 0. The Morgan fingerprint density at radius 1 is 1.20 bits per heavy atom. The molecule has 0 saturated carbocycles. The van der Waals surface area contributed by atoms with Gasteiger partial charge in [0.2, 0.25) is 5.88 Å². The number of ketones is 1. The smallest absolute Gasteiger partial charge is 0.314 e. The molecule has 2 atom stereocenters. The van der Waals surface area contributed by atoms with Gasteiger partial charge in [-0.2, -0.15) is 0 Å². The van der Waals surface area contributed by atoms with E-state index in [4.69, 9.17) is 4.74 Å². The van der Waals surface area contributed by atoms with Crippen LogP contribution in [-0.2, 0) is 9.53 Å². The fraction of sp³-hybridized carbons (Fsp3) is 0.250. The minimum atomic E-state index is -0.693. The molecule has 0 saturated heterocycles. The average Bonchev–Trinajstić information content (AvgIpc) is 2.60. The number of allylic oxidation sites excluding steroid dienone is 4. The van der Waals surface area contributed by atoms with Crippen molar-refractivity contribution in [2.75, 3.05) is 6.61 Å². The second-order valence-electron chi connectivity index (χ2n) is 6.19. The molecule has 0 aromatic heterocycles. The molecule has 0 amide bonds. The molecule has 0 radical (unpaired) electrons. The summed E-state index contributed by atoms with van der Waals surface area (Å²) in [7, 11) is 0. The Morgan fingerprint density at radius 3 is 2.76 bits per heavy atom. The van der Waals surface area contributed by atoms with Crippen LogP contribution in [-0.4, -0.2) is 29.2 Å². The van der Waals surface area contributed by atoms with E-state index in [1.165, 1.54) is 6.08 Å². The van der Waals surface area contributed by atoms with Gasteiger partial charge < -0.3 is 9.84 Å². The van der Waals surface area contributed by atoms with Crippen LogP contribution in [0.1, 0.15) is 21.5 Å². The number of carbonyl (C=O) groups excluding carboxylic acids is 2. The minimum Gasteiger partial charge on any atom is -0.493 e. The van der Waals surface area contributed by atoms with Crippen molar-refractivity contribution in [1.82, 2.24) is 0 Å². The molecule has 5 nitrogen and oxygen atoms in total. The molecule has 1 aromatic rings. The first-order valence-corrected chi connectivity index (χ1v) is 8.07. The maximum atomic E-state index is 12.4. The highest BCUT2D eigenvalue weighted by molar-refractivity contribution is 6.04. The Balaban J connectivity index is 1.67. The summed E-state index contributed by atoms with van der Waals surface area (Å²) in [6, 6.07) is 5.38. The number of fused-ring (bicyclic) bond motifs is 1. The highest BCUT2D eigenvalue weighted by atomic mass is 16.5. The van der Waals surface area contributed by atoms with Crippen LogP contribution >= 0.6 is 0 Å². The third kappa shape index (κ3) is 3.60. The van der Waals surface area contributed by atoms with Crippen LogP contribution in [0.2, 0.25) is 0 Å². The number of aliphatic hydroxyl groups excluding tert-OH is 1. The third-order valence-corrected chi connectivity index (χ3v) is 4.44. The van der Waals surface area contributed by atoms with Gasteiger partial charge in [0.1, 0.15) is 0 Å². The normalized spacial score (nSPS) is 21.2. The van der Waals surface area contributed by atoms with Crippen molar-refractivity contribution in [2.45, 2.75) is 13.8 Å². The lowest BCUT2D eigenvalue weighted by Crippen LogP contribution is -2.32. The monoisotopic (exact) mass is 337 g/mol. The molecule has 3 rings (SSSR count). The number of esters is 1. The van der Waals surface area contributed by atoms with E-state index in [9.17, 15) is 14.7 Å². The van der Waals surface area contributed by atoms with Gasteiger partial charge in [0.25, 0.3) is 0 Å². The molecule has 1 heterocycles. The Morgan fingerprint density at radius 2 is 2.00 bits per heavy atom. The molecule has 1 aliphatic carbocycles. The van der Waals surface area contributed by atoms with Gasteiger partial charge in [-0.25, -0.2) is 4.99 Å². The largest absolute Gasteiger partial charge is 0.493 e. The summed E-state index contributed by atoms with van der Waals surface area (Å²) in [5, 5.41) is 9.72. The lowest BCUT2D eigenvalue weighted by Gasteiger charge is -2.25. The van der Waals surface area contributed by atoms with Gasteiger partial charge in [-0.15, -0.1) is 0 Å². The van der Waals surface area contributed by atoms with Crippen LogP contribution in [0.25, 0.3) is 0 Å². The molecule has 2 aliphatic rings. The Bertz CT molecular complexity index is 845. The van der Waals surface area contributed by atoms with Crippen molar-refractivity contribution in [1.29, 1.82) is 0 Å². The Labute approximate surface area is 146 Å². The third-order valence-electron chi connectivity index (χ3n) is 4.44. The number of Topliss-reactive ketones (excluding diaryl/α,β-unsaturated/α-hetero) is 1. The number of hydrogen-bond acceptors (Lipinski definition) is 5. The van der Waals surface area contributed by atoms with Crippen molar-refractivity contribution < 1.29 is 19.4 Å². The molecule has 1 aliphatic heterocycles. The standard InChI is InChI=1S/C20H19NO4/c1-12-7-8-14(9-13(12)2)18(22)11-25-20(24)16-10-19(23)21-17-6-4-3-5-15(16)17/h3-10,15-16,23H,11H2,1-2H3. The van der Waals surface area contributed by atoms with E-state index in [2.05, 4.69) is 4.99 Å². The van der Waals surface area contributed by atoms with E-state index in [1.54, 1.807) is 24.3 Å². The summed E-state index contributed by atoms with van der Waals surface area (Å²) in [5.74, 6) is -2.01. The van der Waals surface area contributed by atoms with Crippen LogP contribution in [0.3, 0.4) is 0 Å². The molecule has 25 heavy (non-hydrogen) atoms. The van der Waals surface area contributed by atoms with Gasteiger partial charge in [0, 0.05) is 11.5 Å². The molecule has 128 valence electrons. The van der Waals surface area contributed by atoms with Crippen LogP contribution in [0.5, 0.6) is 0 Å². The first-order valence-electron chi connectivity index (χ1n) is 8.07. The number of nitrogens with zero attached hydrogens (tertiary/aromatic N) is 1. The number of aliphatic imine (C=N–C) groups is 1. The minimum absolute atomic E-state index is 0.214. The van der Waals surface area contributed by atoms with E-state index in [1.807, 2.05) is 32.1 Å². The second-order valence-corrected chi connectivity index (χ2v) is 6.19. The molecule has 1 N–H and O–H groups in total. The molecule has 0 spiro atoms. The van der Waals surface area contributed by atoms with Crippen molar-refractivity contribution in [3.63, 3.8) is 0 Å². The highest BCUT2D eigenvalue weighted by Gasteiger charge is 2.33. The van der Waals surface area contributed by atoms with Crippen molar-refractivity contribution in [2.24, 2.45) is 16.8 Å². The second kappa shape index (κ2) is 6.89. The number of benzene rings is 1. The number of rotatable bonds is 4. The Hall–Kier alpha value is -2.95. The molecule has 0 bridgehead atoms. The summed E-state index contributed by atoms with van der Waals surface area (Å²) in [4.78, 5) is 28.7. The fourth-order valence-corrected chi connectivity index (χ4v) is 2.84. The summed E-state index contributed by atoms with van der Waals surface area (Å²) < 4.78 is 5.21. The molecule has 5 heteroatoms. The maximum absolute atomic E-state index is 12.4. The molecule has 2 unspecified atom stereocenters. The maximum Gasteiger partial charge on any atom is 0.314 e. The number of aryl methyl sites for hydroxylation is 2. The highest BCUT2D eigenvalue weighted by Crippen LogP contribution is 2.28. The first-order chi connectivity index (χ1) is 12.0. The van der Waals surface area contributed by atoms with E-state index < -0.39 is 11.9 Å². The lowest BCUT2D eigenvalue weighted by molar-refractivity contribution is -0.146. The fourth-order valence-electron chi connectivity index (χ4n) is 2.84. The van der Waals surface area contributed by atoms with Gasteiger partial charge in [-0.1, -0.05) is 30.4 Å². The summed E-state index contributed by atoms with van der Waals surface area (Å²) in [6.07, 6.45) is 8.55. The SMILES string of the molecule is Cc1ccc(C(=O)COC(=O)C2C=C(O)N=C3C=CC=CC32)cc1C. The van der Waals surface area contributed by atoms with Crippen LogP contribution in [0.15, 0.2) is 59.5 Å². The average molecular weight is 337 g/mol. The van der Waals surface area contributed by atoms with Gasteiger partial charge in [-0.05, 0) is 43.2 Å². The molecular formula is C20H19NO4. The van der Waals surface area contributed by atoms with Gasteiger partial charge in [0.05, 0.1) is 11.6 Å². The van der Waals surface area contributed by atoms with Gasteiger partial charge in [0.15, 0.2) is 12.4 Å². The summed E-state index contributed by atoms with van der Waals surface area (Å²) in [5.41, 5.74) is 3.23. The number of aliphatic hydroxyl groups is 1. The lowest BCUT2D eigenvalue weighted by atomic mass is 9.83. The van der Waals surface area contributed by atoms with Crippen molar-refractivity contribution in [3.8, 4) is 0 Å². The molecule has 1 aromatic carbocycles. The van der Waals surface area contributed by atoms with Crippen LogP contribution in [0, 0.1) is 25.7 Å². The van der Waals surface area contributed by atoms with E-state index in [0.29, 0.717) is 11.3 Å². The van der Waals surface area contributed by atoms with Crippen molar-refractivity contribution >= 4 is 17.5 Å². The van der Waals surface area contributed by atoms with Crippen LogP contribution < -0.4 is 0 Å². The van der Waals surface area contributed by atoms with Gasteiger partial charge in [-0.3, -0.25) is 9.59 Å². The quantitative estimate of drug-likeness (QED) is 0.676. The predicted octanol–water partition coefficient (Wildman–Crippen LogP) is 3.24. The Kier molecular flexibility index (Phi) is 4.65. The van der Waals surface area contributed by atoms with Gasteiger partial charge >= 0.3 is 5.97 Å². The number of ether oxygens (including phenoxy) is 1. The first kappa shape index (κ1) is 16.9. The number of hydrogen-bond donors (Lipinski definition) is 1. The molecular weight excluding hydrogens is 318 g/mol. The molecule has 0 fully saturated rings. The topological polar surface area (TPSA) is 76.0 Å². The van der Waals surface area contributed by atoms with E-state index >= 15 is 0 Å². The van der Waals surface area contributed by atoms with Crippen LogP contribution in [0.4, 0.5) is 0 Å². The van der Waals surface area contributed by atoms with E-state index in [-0.39, 0.29) is 24.2 Å².